The average molecular weight is 207 g/mol. The molecular weight excluding hydrogens is 196 g/mol. The smallest absolute Gasteiger partial charge is 0.0932 e. The van der Waals surface area contributed by atoms with Crippen LogP contribution in [-0.4, -0.2) is 18.8 Å². The third-order valence-corrected chi connectivity index (χ3v) is 2.85. The van der Waals surface area contributed by atoms with Crippen molar-refractivity contribution in [3.63, 3.8) is 0 Å². The molecule has 1 N–H and O–H groups in total. The number of aliphatic hydroxyl groups excluding tert-OH is 1. The fraction of sp³-hybridized carbons (Fsp3) is 0.500. The minimum absolute atomic E-state index is 0.442. The maximum Gasteiger partial charge on any atom is 0.0932 e. The van der Waals surface area contributed by atoms with Crippen LogP contribution in [0.1, 0.15) is 17.4 Å². The van der Waals surface area contributed by atoms with Crippen LogP contribution in [0.4, 0.5) is 0 Å². The van der Waals surface area contributed by atoms with Crippen molar-refractivity contribution in [1.29, 1.82) is 0 Å². The molecule has 0 amide bonds. The molecule has 0 radical (unpaired) electrons. The monoisotopic (exact) mass is 206 g/mol. The summed E-state index contributed by atoms with van der Waals surface area (Å²) in [5.41, 5.74) is 0. The molecule has 0 aromatic carbocycles. The molecule has 0 saturated carbocycles. The minimum Gasteiger partial charge on any atom is -0.387 e. The lowest BCUT2D eigenvalue weighted by molar-refractivity contribution is 0.113. The largest absolute Gasteiger partial charge is 0.387 e. The number of hydrogen-bond acceptors (Lipinski definition) is 3. The summed E-state index contributed by atoms with van der Waals surface area (Å²) in [7, 11) is 1.62. The number of methoxy groups -OCH3 is 1. The zero-order chi connectivity index (χ0) is 8.97. The summed E-state index contributed by atoms with van der Waals surface area (Å²) in [6, 6.07) is 3.63. The molecule has 4 heteroatoms. The van der Waals surface area contributed by atoms with Crippen molar-refractivity contribution < 1.29 is 9.84 Å². The minimum atomic E-state index is -0.442. The van der Waals surface area contributed by atoms with E-state index in [2.05, 4.69) is 0 Å². The van der Waals surface area contributed by atoms with Gasteiger partial charge in [-0.1, -0.05) is 11.6 Å². The van der Waals surface area contributed by atoms with Crippen molar-refractivity contribution in [1.82, 2.24) is 0 Å². The third kappa shape index (κ3) is 2.75. The molecule has 1 unspecified atom stereocenters. The summed E-state index contributed by atoms with van der Waals surface area (Å²) in [4.78, 5) is 0.900. The molecule has 1 aromatic heterocycles. The topological polar surface area (TPSA) is 29.5 Å². The molecular formula is C8H11ClO2S. The second-order valence-electron chi connectivity index (χ2n) is 2.44. The zero-order valence-corrected chi connectivity index (χ0v) is 8.36. The summed E-state index contributed by atoms with van der Waals surface area (Å²) < 4.78 is 5.56. The first-order valence-electron chi connectivity index (χ1n) is 3.66. The molecule has 1 heterocycles. The number of thiophene rings is 1. The summed E-state index contributed by atoms with van der Waals surface area (Å²) >= 11 is 7.12. The highest BCUT2D eigenvalue weighted by Gasteiger charge is 2.08. The Morgan fingerprint density at radius 2 is 2.42 bits per heavy atom. The van der Waals surface area contributed by atoms with E-state index in [0.717, 1.165) is 4.88 Å². The molecule has 0 spiro atoms. The summed E-state index contributed by atoms with van der Waals surface area (Å²) in [6.07, 6.45) is 0.176. The van der Waals surface area contributed by atoms with Crippen LogP contribution < -0.4 is 0 Å². The van der Waals surface area contributed by atoms with Crippen LogP contribution in [-0.2, 0) is 4.74 Å². The fourth-order valence-corrected chi connectivity index (χ4v) is 1.96. The maximum atomic E-state index is 9.54. The van der Waals surface area contributed by atoms with Gasteiger partial charge in [-0.25, -0.2) is 0 Å². The van der Waals surface area contributed by atoms with Crippen molar-refractivity contribution in [3.8, 4) is 0 Å². The SMILES string of the molecule is COCCC(O)c1ccc(Cl)s1. The lowest BCUT2D eigenvalue weighted by Crippen LogP contribution is -1.99. The van der Waals surface area contributed by atoms with E-state index in [4.69, 9.17) is 16.3 Å². The Balaban J connectivity index is 2.47. The van der Waals surface area contributed by atoms with E-state index in [9.17, 15) is 5.11 Å². The summed E-state index contributed by atoms with van der Waals surface area (Å²) in [5, 5.41) is 9.54. The van der Waals surface area contributed by atoms with E-state index in [1.165, 1.54) is 11.3 Å². The average Bonchev–Trinajstić information content (AvgIpc) is 2.47. The van der Waals surface area contributed by atoms with Gasteiger partial charge < -0.3 is 9.84 Å². The van der Waals surface area contributed by atoms with Gasteiger partial charge in [-0.05, 0) is 12.1 Å². The van der Waals surface area contributed by atoms with Crippen LogP contribution in [0.5, 0.6) is 0 Å². The summed E-state index contributed by atoms with van der Waals surface area (Å²) in [5.74, 6) is 0. The van der Waals surface area contributed by atoms with Gasteiger partial charge in [0.1, 0.15) is 0 Å². The van der Waals surface area contributed by atoms with Crippen LogP contribution in [0, 0.1) is 0 Å². The second kappa shape index (κ2) is 4.82. The number of hydrogen-bond donors (Lipinski definition) is 1. The molecule has 1 aromatic rings. The Morgan fingerprint density at radius 1 is 1.67 bits per heavy atom. The van der Waals surface area contributed by atoms with E-state index in [1.807, 2.05) is 6.07 Å². The Labute approximate surface area is 80.7 Å². The van der Waals surface area contributed by atoms with Crippen LogP contribution in [0.25, 0.3) is 0 Å². The van der Waals surface area contributed by atoms with E-state index < -0.39 is 6.10 Å². The van der Waals surface area contributed by atoms with Crippen molar-refractivity contribution in [2.24, 2.45) is 0 Å². The van der Waals surface area contributed by atoms with Crippen molar-refractivity contribution in [3.05, 3.63) is 21.3 Å². The van der Waals surface area contributed by atoms with Crippen molar-refractivity contribution in [2.75, 3.05) is 13.7 Å². The normalized spacial score (nSPS) is 13.2. The van der Waals surface area contributed by atoms with Gasteiger partial charge in [-0.15, -0.1) is 11.3 Å². The zero-order valence-electron chi connectivity index (χ0n) is 6.79. The Bertz CT molecular complexity index is 237. The number of aliphatic hydroxyl groups is 1. The number of ether oxygens (including phenoxy) is 1. The van der Waals surface area contributed by atoms with Gasteiger partial charge in [0.15, 0.2) is 0 Å². The number of rotatable bonds is 4. The van der Waals surface area contributed by atoms with Gasteiger partial charge in [0.2, 0.25) is 0 Å². The molecule has 68 valence electrons. The standard InChI is InChI=1S/C8H11ClO2S/c1-11-5-4-6(10)7-2-3-8(9)12-7/h2-3,6,10H,4-5H2,1H3. The quantitative estimate of drug-likeness (QED) is 0.820. The van der Waals surface area contributed by atoms with E-state index >= 15 is 0 Å². The van der Waals surface area contributed by atoms with Crippen molar-refractivity contribution in [2.45, 2.75) is 12.5 Å². The predicted molar refractivity (Wildman–Crippen MR) is 50.8 cm³/mol. The molecule has 0 fully saturated rings. The molecule has 0 aliphatic heterocycles. The van der Waals surface area contributed by atoms with Gasteiger partial charge in [0, 0.05) is 25.0 Å². The van der Waals surface area contributed by atoms with Crippen molar-refractivity contribution >= 4 is 22.9 Å². The van der Waals surface area contributed by atoms with Crippen LogP contribution >= 0.6 is 22.9 Å². The molecule has 0 saturated heterocycles. The Kier molecular flexibility index (Phi) is 4.01. The molecule has 0 bridgehead atoms. The maximum absolute atomic E-state index is 9.54. The van der Waals surface area contributed by atoms with E-state index in [1.54, 1.807) is 13.2 Å². The van der Waals surface area contributed by atoms with E-state index in [0.29, 0.717) is 17.4 Å². The second-order valence-corrected chi connectivity index (χ2v) is 4.19. The van der Waals surface area contributed by atoms with Crippen LogP contribution in [0.15, 0.2) is 12.1 Å². The first-order valence-corrected chi connectivity index (χ1v) is 4.85. The third-order valence-electron chi connectivity index (χ3n) is 1.52. The highest BCUT2D eigenvalue weighted by atomic mass is 35.5. The first-order chi connectivity index (χ1) is 5.74. The summed E-state index contributed by atoms with van der Waals surface area (Å²) in [6.45, 7) is 0.566. The fourth-order valence-electron chi connectivity index (χ4n) is 0.879. The van der Waals surface area contributed by atoms with Gasteiger partial charge in [-0.2, -0.15) is 0 Å². The van der Waals surface area contributed by atoms with Crippen LogP contribution in [0.3, 0.4) is 0 Å². The Morgan fingerprint density at radius 3 is 2.92 bits per heavy atom. The molecule has 0 aliphatic carbocycles. The van der Waals surface area contributed by atoms with Gasteiger partial charge >= 0.3 is 0 Å². The molecule has 1 rings (SSSR count). The lowest BCUT2D eigenvalue weighted by atomic mass is 10.2. The van der Waals surface area contributed by atoms with Gasteiger partial charge in [0.25, 0.3) is 0 Å². The molecule has 12 heavy (non-hydrogen) atoms. The number of halogens is 1. The highest BCUT2D eigenvalue weighted by molar-refractivity contribution is 7.16. The molecule has 2 nitrogen and oxygen atoms in total. The molecule has 0 aliphatic rings. The highest BCUT2D eigenvalue weighted by Crippen LogP contribution is 2.28. The van der Waals surface area contributed by atoms with Gasteiger partial charge in [-0.3, -0.25) is 0 Å². The first kappa shape index (κ1) is 9.99. The molecule has 1 atom stereocenters. The van der Waals surface area contributed by atoms with Crippen LogP contribution in [0.2, 0.25) is 4.34 Å². The predicted octanol–water partition coefficient (Wildman–Crippen LogP) is 2.47. The Hall–Kier alpha value is -0.0900. The lowest BCUT2D eigenvalue weighted by Gasteiger charge is -2.06. The van der Waals surface area contributed by atoms with Gasteiger partial charge in [0.05, 0.1) is 10.4 Å². The van der Waals surface area contributed by atoms with E-state index in [-0.39, 0.29) is 0 Å².